The van der Waals surface area contributed by atoms with E-state index in [1.807, 2.05) is 11.8 Å². The summed E-state index contributed by atoms with van der Waals surface area (Å²) in [5.74, 6) is 1.16. The molecule has 2 fully saturated rings. The number of nitrogens with zero attached hydrogens (tertiary/aromatic N) is 5. The van der Waals surface area contributed by atoms with Crippen molar-refractivity contribution < 1.29 is 9.59 Å². The molecule has 0 radical (unpaired) electrons. The lowest BCUT2D eigenvalue weighted by atomic mass is 10.1. The second-order valence-corrected chi connectivity index (χ2v) is 8.92. The predicted molar refractivity (Wildman–Crippen MR) is 120 cm³/mol. The lowest BCUT2D eigenvalue weighted by molar-refractivity contribution is -0.131. The van der Waals surface area contributed by atoms with Crippen molar-refractivity contribution in [2.75, 3.05) is 63.0 Å². The molecule has 10 heteroatoms. The van der Waals surface area contributed by atoms with Gasteiger partial charge in [-0.05, 0) is 25.9 Å². The molecule has 2 amide bonds. The van der Waals surface area contributed by atoms with Crippen molar-refractivity contribution in [2.24, 2.45) is 0 Å². The number of amides is 2. The summed E-state index contributed by atoms with van der Waals surface area (Å²) < 4.78 is 0. The third-order valence-electron chi connectivity index (χ3n) is 5.45. The van der Waals surface area contributed by atoms with Gasteiger partial charge in [-0.1, -0.05) is 36.7 Å². The van der Waals surface area contributed by atoms with E-state index in [0.717, 1.165) is 25.5 Å². The first-order valence-corrected chi connectivity index (χ1v) is 12.1. The van der Waals surface area contributed by atoms with Crippen molar-refractivity contribution in [3.63, 3.8) is 0 Å². The molecule has 30 heavy (non-hydrogen) atoms. The highest BCUT2D eigenvalue weighted by atomic mass is 35.5. The molecule has 0 spiro atoms. The number of nitrogens with one attached hydrogen (secondary N) is 1. The van der Waals surface area contributed by atoms with Gasteiger partial charge in [0.25, 0.3) is 0 Å². The maximum Gasteiger partial charge on any atom is 0.230 e. The lowest BCUT2D eigenvalue weighted by Gasteiger charge is -2.35. The molecule has 3 rings (SSSR count). The van der Waals surface area contributed by atoms with Gasteiger partial charge in [-0.15, -0.1) is 0 Å². The predicted octanol–water partition coefficient (Wildman–Crippen LogP) is 1.88. The monoisotopic (exact) mass is 454 g/mol. The number of likely N-dealkylation sites (tertiary alicyclic amines) is 1. The third-order valence-corrected chi connectivity index (χ3v) is 6.49. The number of piperazine rings is 1. The number of carbonyl (C=O) groups excluding carboxylic acids is 2. The Morgan fingerprint density at radius 1 is 1.10 bits per heavy atom. The SMILES string of the molecule is CCC(=O)N1CCN(c2cc(Cl)nc(SCC(=O)NCCN3CCCCC3)n2)CC1. The number of thioether (sulfide) groups is 1. The van der Waals surface area contributed by atoms with E-state index in [0.29, 0.717) is 49.5 Å². The molecule has 2 aliphatic heterocycles. The van der Waals surface area contributed by atoms with Crippen molar-refractivity contribution in [3.05, 3.63) is 11.2 Å². The molecule has 2 saturated heterocycles. The van der Waals surface area contributed by atoms with Gasteiger partial charge in [0.05, 0.1) is 5.75 Å². The molecule has 3 heterocycles. The number of hydrogen-bond donors (Lipinski definition) is 1. The lowest BCUT2D eigenvalue weighted by Crippen LogP contribution is -2.48. The van der Waals surface area contributed by atoms with Crippen LogP contribution in [-0.2, 0) is 9.59 Å². The van der Waals surface area contributed by atoms with Crippen LogP contribution in [0, 0.1) is 0 Å². The van der Waals surface area contributed by atoms with Crippen molar-refractivity contribution in [1.29, 1.82) is 0 Å². The van der Waals surface area contributed by atoms with Gasteiger partial charge in [0, 0.05) is 51.8 Å². The number of carbonyl (C=O) groups is 2. The second kappa shape index (κ2) is 11.7. The highest BCUT2D eigenvalue weighted by molar-refractivity contribution is 7.99. The summed E-state index contributed by atoms with van der Waals surface area (Å²) in [6.45, 7) is 8.48. The van der Waals surface area contributed by atoms with E-state index in [1.165, 1.54) is 31.0 Å². The third kappa shape index (κ3) is 6.99. The van der Waals surface area contributed by atoms with Gasteiger partial charge in [0.1, 0.15) is 11.0 Å². The summed E-state index contributed by atoms with van der Waals surface area (Å²) in [4.78, 5) is 39.2. The van der Waals surface area contributed by atoms with E-state index in [9.17, 15) is 9.59 Å². The van der Waals surface area contributed by atoms with Crippen LogP contribution in [0.15, 0.2) is 11.2 Å². The zero-order valence-corrected chi connectivity index (χ0v) is 19.2. The molecule has 8 nitrogen and oxygen atoms in total. The molecule has 0 bridgehead atoms. The number of piperidine rings is 1. The van der Waals surface area contributed by atoms with Crippen molar-refractivity contribution in [3.8, 4) is 0 Å². The van der Waals surface area contributed by atoms with Gasteiger partial charge < -0.3 is 20.0 Å². The van der Waals surface area contributed by atoms with Crippen LogP contribution in [0.3, 0.4) is 0 Å². The first kappa shape index (κ1) is 23.1. The average Bonchev–Trinajstić information content (AvgIpc) is 2.77. The Labute approximate surface area is 187 Å². The maximum atomic E-state index is 12.2. The molecule has 0 aromatic carbocycles. The fourth-order valence-corrected chi connectivity index (χ4v) is 4.65. The topological polar surface area (TPSA) is 81.7 Å². The van der Waals surface area contributed by atoms with Crippen LogP contribution >= 0.6 is 23.4 Å². The Hall–Kier alpha value is -1.58. The van der Waals surface area contributed by atoms with Crippen LogP contribution in [0.25, 0.3) is 0 Å². The van der Waals surface area contributed by atoms with Crippen LogP contribution in [0.2, 0.25) is 5.15 Å². The number of aromatic nitrogens is 2. The molecule has 0 saturated carbocycles. The zero-order valence-electron chi connectivity index (χ0n) is 17.6. The van der Waals surface area contributed by atoms with E-state index in [1.54, 1.807) is 6.07 Å². The summed E-state index contributed by atoms with van der Waals surface area (Å²) in [5.41, 5.74) is 0. The number of anilines is 1. The van der Waals surface area contributed by atoms with Crippen LogP contribution in [-0.4, -0.2) is 89.7 Å². The fraction of sp³-hybridized carbons (Fsp3) is 0.700. The Kier molecular flexibility index (Phi) is 9.02. The summed E-state index contributed by atoms with van der Waals surface area (Å²) in [5, 5.41) is 3.83. The first-order valence-electron chi connectivity index (χ1n) is 10.7. The minimum Gasteiger partial charge on any atom is -0.354 e. The average molecular weight is 455 g/mol. The van der Waals surface area contributed by atoms with Gasteiger partial charge in [0.15, 0.2) is 5.16 Å². The summed E-state index contributed by atoms with van der Waals surface area (Å²) in [6, 6.07) is 1.74. The number of halogens is 1. The largest absolute Gasteiger partial charge is 0.354 e. The molecule has 0 atom stereocenters. The van der Waals surface area contributed by atoms with Crippen molar-refractivity contribution in [1.82, 2.24) is 25.1 Å². The first-order chi connectivity index (χ1) is 14.5. The molecule has 0 aliphatic carbocycles. The van der Waals surface area contributed by atoms with E-state index in [-0.39, 0.29) is 17.6 Å². The molecule has 1 aromatic rings. The normalized spacial score (nSPS) is 17.8. The molecule has 0 unspecified atom stereocenters. The standard InChI is InChI=1S/C20H31ClN6O2S/c1-2-19(29)27-12-10-26(11-13-27)17-14-16(21)23-20(24-17)30-15-18(28)22-6-9-25-7-4-3-5-8-25/h14H,2-13,15H2,1H3,(H,22,28). The summed E-state index contributed by atoms with van der Waals surface area (Å²) >= 11 is 7.49. The summed E-state index contributed by atoms with van der Waals surface area (Å²) in [6.07, 6.45) is 4.35. The Balaban J connectivity index is 1.44. The van der Waals surface area contributed by atoms with Crippen LogP contribution in [0.4, 0.5) is 5.82 Å². The zero-order chi connectivity index (χ0) is 21.3. The summed E-state index contributed by atoms with van der Waals surface area (Å²) in [7, 11) is 0. The van der Waals surface area contributed by atoms with E-state index >= 15 is 0 Å². The van der Waals surface area contributed by atoms with Crippen molar-refractivity contribution >= 4 is 41.0 Å². The molecule has 166 valence electrons. The van der Waals surface area contributed by atoms with E-state index in [2.05, 4.69) is 25.1 Å². The van der Waals surface area contributed by atoms with Crippen LogP contribution in [0.5, 0.6) is 0 Å². The minimum atomic E-state index is -0.0196. The second-order valence-electron chi connectivity index (χ2n) is 7.59. The van der Waals surface area contributed by atoms with Gasteiger partial charge in [0.2, 0.25) is 11.8 Å². The fourth-order valence-electron chi connectivity index (χ4n) is 3.74. The molecular formula is C20H31ClN6O2S. The highest BCUT2D eigenvalue weighted by Crippen LogP contribution is 2.23. The molecule has 1 N–H and O–H groups in total. The van der Waals surface area contributed by atoms with Gasteiger partial charge in [-0.3, -0.25) is 9.59 Å². The molecular weight excluding hydrogens is 424 g/mol. The highest BCUT2D eigenvalue weighted by Gasteiger charge is 2.22. The van der Waals surface area contributed by atoms with E-state index < -0.39 is 0 Å². The molecule has 1 aromatic heterocycles. The van der Waals surface area contributed by atoms with Crippen LogP contribution in [0.1, 0.15) is 32.6 Å². The smallest absolute Gasteiger partial charge is 0.230 e. The Bertz CT molecular complexity index is 723. The van der Waals surface area contributed by atoms with Crippen LogP contribution < -0.4 is 10.2 Å². The van der Waals surface area contributed by atoms with Gasteiger partial charge in [-0.2, -0.15) is 0 Å². The maximum absolute atomic E-state index is 12.2. The van der Waals surface area contributed by atoms with Crippen molar-refractivity contribution in [2.45, 2.75) is 37.8 Å². The molecule has 2 aliphatic rings. The van der Waals surface area contributed by atoms with Gasteiger partial charge in [-0.25, -0.2) is 9.97 Å². The Morgan fingerprint density at radius 3 is 2.53 bits per heavy atom. The minimum absolute atomic E-state index is 0.0196. The quantitative estimate of drug-likeness (QED) is 0.365. The van der Waals surface area contributed by atoms with Gasteiger partial charge >= 0.3 is 0 Å². The number of rotatable bonds is 8. The Morgan fingerprint density at radius 2 is 1.83 bits per heavy atom. The number of hydrogen-bond acceptors (Lipinski definition) is 7. The van der Waals surface area contributed by atoms with E-state index in [4.69, 9.17) is 11.6 Å².